The zero-order valence-electron chi connectivity index (χ0n) is 9.10. The molecule has 0 aliphatic heterocycles. The highest BCUT2D eigenvalue weighted by molar-refractivity contribution is 5.32. The summed E-state index contributed by atoms with van der Waals surface area (Å²) in [6, 6.07) is 2.67. The van der Waals surface area contributed by atoms with E-state index in [0.29, 0.717) is 5.56 Å². The van der Waals surface area contributed by atoms with E-state index in [2.05, 4.69) is 4.84 Å². The second-order valence-electron chi connectivity index (χ2n) is 4.25. The topological polar surface area (TPSA) is 35.2 Å². The van der Waals surface area contributed by atoms with E-state index in [4.69, 9.17) is 5.90 Å². The molecular weight excluding hydrogens is 200 g/mol. The average molecular weight is 215 g/mol. The van der Waals surface area contributed by atoms with Crippen molar-refractivity contribution in [2.24, 2.45) is 5.90 Å². The Bertz CT molecular complexity index is 364. The molecule has 0 aromatic heterocycles. The van der Waals surface area contributed by atoms with Crippen molar-refractivity contribution in [2.45, 2.75) is 26.2 Å². The zero-order chi connectivity index (χ0) is 11.6. The van der Waals surface area contributed by atoms with Crippen LogP contribution >= 0.6 is 0 Å². The molecule has 2 nitrogen and oxygen atoms in total. The number of nitrogens with two attached hydrogens (primary N) is 1. The maximum absolute atomic E-state index is 13.7. The number of hydrogen-bond donors (Lipinski definition) is 1. The molecule has 0 saturated heterocycles. The Morgan fingerprint density at radius 3 is 2.47 bits per heavy atom. The molecule has 0 aliphatic carbocycles. The number of rotatable bonds is 3. The van der Waals surface area contributed by atoms with Crippen molar-refractivity contribution in [1.29, 1.82) is 0 Å². The lowest BCUT2D eigenvalue weighted by Crippen LogP contribution is -2.29. The van der Waals surface area contributed by atoms with Gasteiger partial charge in [0.2, 0.25) is 0 Å². The van der Waals surface area contributed by atoms with Crippen LogP contribution in [-0.4, -0.2) is 6.61 Å². The first-order chi connectivity index (χ1) is 6.90. The summed E-state index contributed by atoms with van der Waals surface area (Å²) >= 11 is 0. The highest BCUT2D eigenvalue weighted by Gasteiger charge is 2.28. The molecule has 0 fully saturated rings. The van der Waals surface area contributed by atoms with Crippen molar-refractivity contribution >= 4 is 0 Å². The third kappa shape index (κ3) is 2.33. The first kappa shape index (κ1) is 12.1. The van der Waals surface area contributed by atoms with Gasteiger partial charge in [-0.25, -0.2) is 14.7 Å². The largest absolute Gasteiger partial charge is 0.304 e. The molecule has 0 aliphatic rings. The Kier molecular flexibility index (Phi) is 3.42. The Morgan fingerprint density at radius 2 is 1.93 bits per heavy atom. The molecule has 84 valence electrons. The fraction of sp³-hybridized carbons (Fsp3) is 0.455. The summed E-state index contributed by atoms with van der Waals surface area (Å²) < 4.78 is 27.3. The average Bonchev–Trinajstić information content (AvgIpc) is 2.11. The van der Waals surface area contributed by atoms with E-state index in [-0.39, 0.29) is 12.2 Å². The molecule has 0 saturated carbocycles. The molecule has 0 unspecified atom stereocenters. The second kappa shape index (κ2) is 4.24. The van der Waals surface area contributed by atoms with Crippen LogP contribution in [0.3, 0.4) is 0 Å². The van der Waals surface area contributed by atoms with Crippen molar-refractivity contribution < 1.29 is 13.6 Å². The van der Waals surface area contributed by atoms with Gasteiger partial charge in [-0.05, 0) is 18.6 Å². The molecule has 0 bridgehead atoms. The lowest BCUT2D eigenvalue weighted by atomic mass is 9.84. The predicted octanol–water partition coefficient (Wildman–Crippen LogP) is 2.44. The quantitative estimate of drug-likeness (QED) is 0.786. The molecule has 2 N–H and O–H groups in total. The van der Waals surface area contributed by atoms with Gasteiger partial charge in [0, 0.05) is 11.0 Å². The molecule has 0 atom stereocenters. The Labute approximate surface area is 88.0 Å². The Morgan fingerprint density at radius 1 is 1.33 bits per heavy atom. The summed E-state index contributed by atoms with van der Waals surface area (Å²) in [4.78, 5) is 4.48. The van der Waals surface area contributed by atoms with Gasteiger partial charge in [0.05, 0.1) is 6.61 Å². The van der Waals surface area contributed by atoms with Crippen LogP contribution in [0.1, 0.15) is 25.0 Å². The maximum atomic E-state index is 13.7. The van der Waals surface area contributed by atoms with Crippen molar-refractivity contribution in [3.8, 4) is 0 Å². The van der Waals surface area contributed by atoms with Gasteiger partial charge in [-0.1, -0.05) is 19.9 Å². The van der Waals surface area contributed by atoms with Gasteiger partial charge in [-0.2, -0.15) is 0 Å². The third-order valence-electron chi connectivity index (χ3n) is 2.41. The lowest BCUT2D eigenvalue weighted by Gasteiger charge is -2.25. The summed E-state index contributed by atoms with van der Waals surface area (Å²) in [6.45, 7) is 5.02. The molecule has 0 heterocycles. The maximum Gasteiger partial charge on any atom is 0.132 e. The van der Waals surface area contributed by atoms with Crippen LogP contribution in [0.25, 0.3) is 0 Å². The van der Waals surface area contributed by atoms with Crippen LogP contribution in [-0.2, 0) is 10.3 Å². The van der Waals surface area contributed by atoms with Crippen molar-refractivity contribution in [2.75, 3.05) is 6.61 Å². The summed E-state index contributed by atoms with van der Waals surface area (Å²) in [5.41, 5.74) is -0.348. The third-order valence-corrected chi connectivity index (χ3v) is 2.41. The van der Waals surface area contributed by atoms with Crippen molar-refractivity contribution in [3.63, 3.8) is 0 Å². The van der Waals surface area contributed by atoms with E-state index in [0.717, 1.165) is 0 Å². The first-order valence-electron chi connectivity index (χ1n) is 4.67. The number of benzene rings is 1. The summed E-state index contributed by atoms with van der Waals surface area (Å²) in [5, 5.41) is 0. The van der Waals surface area contributed by atoms with Crippen LogP contribution in [0.5, 0.6) is 0 Å². The van der Waals surface area contributed by atoms with E-state index in [1.54, 1.807) is 20.8 Å². The molecule has 0 spiro atoms. The minimum atomic E-state index is -0.783. The number of hydrogen-bond acceptors (Lipinski definition) is 2. The minimum absolute atomic E-state index is 0.0213. The molecule has 15 heavy (non-hydrogen) atoms. The van der Waals surface area contributed by atoms with Crippen LogP contribution in [0.4, 0.5) is 8.78 Å². The highest BCUT2D eigenvalue weighted by Crippen LogP contribution is 2.29. The van der Waals surface area contributed by atoms with Gasteiger partial charge >= 0.3 is 0 Å². The zero-order valence-corrected chi connectivity index (χ0v) is 9.10. The molecule has 1 rings (SSSR count). The monoisotopic (exact) mass is 215 g/mol. The minimum Gasteiger partial charge on any atom is -0.304 e. The fourth-order valence-corrected chi connectivity index (χ4v) is 1.56. The van der Waals surface area contributed by atoms with Crippen molar-refractivity contribution in [1.82, 2.24) is 0 Å². The van der Waals surface area contributed by atoms with Crippen molar-refractivity contribution in [3.05, 3.63) is 34.9 Å². The number of aryl methyl sites for hydroxylation is 1. The number of halogens is 2. The predicted molar refractivity (Wildman–Crippen MR) is 54.3 cm³/mol. The molecular formula is C11H15F2NO. The fourth-order valence-electron chi connectivity index (χ4n) is 1.56. The van der Waals surface area contributed by atoms with Crippen LogP contribution < -0.4 is 5.90 Å². The van der Waals surface area contributed by atoms with Gasteiger partial charge in [0.1, 0.15) is 11.6 Å². The Hall–Kier alpha value is -1.00. The van der Waals surface area contributed by atoms with E-state index in [1.165, 1.54) is 12.1 Å². The molecule has 0 radical (unpaired) electrons. The smallest absolute Gasteiger partial charge is 0.132 e. The van der Waals surface area contributed by atoms with Gasteiger partial charge in [-0.15, -0.1) is 0 Å². The van der Waals surface area contributed by atoms with E-state index in [9.17, 15) is 8.78 Å². The summed E-state index contributed by atoms with van der Waals surface area (Å²) in [7, 11) is 0. The van der Waals surface area contributed by atoms with E-state index in [1.807, 2.05) is 0 Å². The van der Waals surface area contributed by atoms with Gasteiger partial charge < -0.3 is 4.84 Å². The van der Waals surface area contributed by atoms with E-state index < -0.39 is 17.0 Å². The van der Waals surface area contributed by atoms with Crippen LogP contribution in [0, 0.1) is 18.6 Å². The van der Waals surface area contributed by atoms with Crippen LogP contribution in [0.15, 0.2) is 12.1 Å². The molecule has 1 aromatic rings. The van der Waals surface area contributed by atoms with Gasteiger partial charge in [-0.3, -0.25) is 0 Å². The Balaban J connectivity index is 3.29. The standard InChI is InChI=1S/C11H15F2NO/c1-7-4-5-8(12)9(10(7)13)11(2,3)6-15-14/h4-5H,6,14H2,1-3H3. The molecule has 4 heteroatoms. The van der Waals surface area contributed by atoms with Gasteiger partial charge in [0.25, 0.3) is 0 Å². The second-order valence-corrected chi connectivity index (χ2v) is 4.25. The molecule has 0 amide bonds. The SMILES string of the molecule is Cc1ccc(F)c(C(C)(C)CON)c1F. The lowest BCUT2D eigenvalue weighted by molar-refractivity contribution is 0.0935. The summed E-state index contributed by atoms with van der Waals surface area (Å²) in [5.74, 6) is 3.85. The summed E-state index contributed by atoms with van der Waals surface area (Å²) in [6.07, 6.45) is 0. The van der Waals surface area contributed by atoms with Crippen LogP contribution in [0.2, 0.25) is 0 Å². The first-order valence-corrected chi connectivity index (χ1v) is 4.67. The highest BCUT2D eigenvalue weighted by atomic mass is 19.1. The molecule has 1 aromatic carbocycles. The van der Waals surface area contributed by atoms with E-state index >= 15 is 0 Å². The normalized spacial score (nSPS) is 11.9. The van der Waals surface area contributed by atoms with Gasteiger partial charge in [0.15, 0.2) is 0 Å².